The van der Waals surface area contributed by atoms with Crippen LogP contribution in [0.25, 0.3) is 0 Å². The van der Waals surface area contributed by atoms with Crippen molar-refractivity contribution in [2.24, 2.45) is 0 Å². The molecule has 5 heteroatoms. The van der Waals surface area contributed by atoms with Gasteiger partial charge in [0, 0.05) is 0 Å². The van der Waals surface area contributed by atoms with Crippen LogP contribution in [0.4, 0.5) is 0 Å². The normalized spacial score (nSPS) is 13.4. The molecule has 0 saturated carbocycles. The highest BCUT2D eigenvalue weighted by molar-refractivity contribution is 5.95. The number of carboxylic acids is 1. The lowest BCUT2D eigenvalue weighted by atomic mass is 10.1. The van der Waals surface area contributed by atoms with E-state index in [0.29, 0.717) is 19.0 Å². The third-order valence-electron chi connectivity index (χ3n) is 2.10. The number of carbonyl (C=O) groups is 1. The number of aromatic carboxylic acids is 1. The van der Waals surface area contributed by atoms with Crippen molar-refractivity contribution in [1.82, 2.24) is 0 Å². The molecule has 0 amide bonds. The van der Waals surface area contributed by atoms with E-state index in [9.17, 15) is 4.79 Å². The van der Waals surface area contributed by atoms with Crippen LogP contribution in [0.15, 0.2) is 12.1 Å². The molecule has 0 unspecified atom stereocenters. The van der Waals surface area contributed by atoms with Gasteiger partial charge in [-0.05, 0) is 12.1 Å². The monoisotopic (exact) mass is 210 g/mol. The van der Waals surface area contributed by atoms with E-state index in [2.05, 4.69) is 0 Å². The predicted octanol–water partition coefficient (Wildman–Crippen LogP) is 1.16. The van der Waals surface area contributed by atoms with E-state index in [1.807, 2.05) is 0 Å². The molecule has 1 aromatic rings. The van der Waals surface area contributed by atoms with Crippen molar-refractivity contribution >= 4 is 5.97 Å². The molecule has 0 aliphatic carbocycles. The SMILES string of the molecule is COc1ccc2c(c1C(=O)O)OCCO2. The molecular formula is C10H10O5. The summed E-state index contributed by atoms with van der Waals surface area (Å²) < 4.78 is 15.5. The van der Waals surface area contributed by atoms with Gasteiger partial charge in [-0.2, -0.15) is 0 Å². The summed E-state index contributed by atoms with van der Waals surface area (Å²) >= 11 is 0. The molecule has 1 aliphatic heterocycles. The Morgan fingerprint density at radius 2 is 2.13 bits per heavy atom. The number of rotatable bonds is 2. The smallest absolute Gasteiger partial charge is 0.343 e. The van der Waals surface area contributed by atoms with Crippen molar-refractivity contribution in [3.63, 3.8) is 0 Å². The summed E-state index contributed by atoms with van der Waals surface area (Å²) in [5, 5.41) is 9.04. The van der Waals surface area contributed by atoms with Gasteiger partial charge in [-0.15, -0.1) is 0 Å². The van der Waals surface area contributed by atoms with Crippen molar-refractivity contribution in [3.8, 4) is 17.2 Å². The minimum absolute atomic E-state index is 0.00898. The number of benzene rings is 1. The van der Waals surface area contributed by atoms with Crippen LogP contribution in [0.3, 0.4) is 0 Å². The van der Waals surface area contributed by atoms with Gasteiger partial charge < -0.3 is 19.3 Å². The maximum absolute atomic E-state index is 11.0. The molecule has 0 saturated heterocycles. The van der Waals surface area contributed by atoms with Gasteiger partial charge in [0.05, 0.1) is 7.11 Å². The van der Waals surface area contributed by atoms with Crippen LogP contribution in [-0.2, 0) is 0 Å². The highest BCUT2D eigenvalue weighted by Gasteiger charge is 2.24. The van der Waals surface area contributed by atoms with Gasteiger partial charge in [0.15, 0.2) is 11.5 Å². The Labute approximate surface area is 86.2 Å². The van der Waals surface area contributed by atoms with Crippen LogP contribution in [0.1, 0.15) is 10.4 Å². The standard InChI is InChI=1S/C10H10O5/c1-13-6-2-3-7-9(8(6)10(11)12)15-5-4-14-7/h2-3H,4-5H2,1H3,(H,11,12). The second-order valence-electron chi connectivity index (χ2n) is 2.97. The molecule has 0 radical (unpaired) electrons. The van der Waals surface area contributed by atoms with Crippen LogP contribution in [0.5, 0.6) is 17.2 Å². The average Bonchev–Trinajstić information content (AvgIpc) is 2.27. The van der Waals surface area contributed by atoms with E-state index < -0.39 is 5.97 Å². The first-order valence-electron chi connectivity index (χ1n) is 4.44. The number of carboxylic acid groups (broad SMARTS) is 1. The van der Waals surface area contributed by atoms with Crippen molar-refractivity contribution in [1.29, 1.82) is 0 Å². The summed E-state index contributed by atoms with van der Waals surface area (Å²) in [5.41, 5.74) is 0.00898. The number of hydrogen-bond donors (Lipinski definition) is 1. The Morgan fingerprint density at radius 1 is 1.40 bits per heavy atom. The van der Waals surface area contributed by atoms with Gasteiger partial charge in [-0.3, -0.25) is 0 Å². The second kappa shape index (κ2) is 3.68. The van der Waals surface area contributed by atoms with Crippen LogP contribution in [-0.4, -0.2) is 31.4 Å². The van der Waals surface area contributed by atoms with Gasteiger partial charge in [-0.25, -0.2) is 4.79 Å². The molecule has 5 nitrogen and oxygen atoms in total. The first kappa shape index (κ1) is 9.64. The average molecular weight is 210 g/mol. The Kier molecular flexibility index (Phi) is 2.37. The fraction of sp³-hybridized carbons (Fsp3) is 0.300. The number of ether oxygens (including phenoxy) is 3. The Morgan fingerprint density at radius 3 is 2.80 bits per heavy atom. The molecule has 15 heavy (non-hydrogen) atoms. The summed E-state index contributed by atoms with van der Waals surface area (Å²) in [7, 11) is 1.41. The topological polar surface area (TPSA) is 65.0 Å². The molecule has 0 bridgehead atoms. The maximum Gasteiger partial charge on any atom is 0.343 e. The summed E-state index contributed by atoms with van der Waals surface area (Å²) in [6.07, 6.45) is 0. The lowest BCUT2D eigenvalue weighted by Crippen LogP contribution is -2.18. The number of hydrogen-bond acceptors (Lipinski definition) is 4. The van der Waals surface area contributed by atoms with Gasteiger partial charge in [-0.1, -0.05) is 0 Å². The maximum atomic E-state index is 11.0. The van der Waals surface area contributed by atoms with E-state index in [-0.39, 0.29) is 17.1 Å². The van der Waals surface area contributed by atoms with E-state index >= 15 is 0 Å². The first-order valence-corrected chi connectivity index (χ1v) is 4.44. The highest BCUT2D eigenvalue weighted by atomic mass is 16.6. The van der Waals surface area contributed by atoms with Crippen LogP contribution < -0.4 is 14.2 Å². The Balaban J connectivity index is 2.59. The van der Waals surface area contributed by atoms with E-state index in [0.717, 1.165) is 0 Å². The third kappa shape index (κ3) is 1.56. The van der Waals surface area contributed by atoms with Gasteiger partial charge >= 0.3 is 5.97 Å². The molecule has 0 atom stereocenters. The highest BCUT2D eigenvalue weighted by Crippen LogP contribution is 2.39. The molecule has 80 valence electrons. The van der Waals surface area contributed by atoms with Crippen molar-refractivity contribution < 1.29 is 24.1 Å². The van der Waals surface area contributed by atoms with Crippen LogP contribution in [0.2, 0.25) is 0 Å². The van der Waals surface area contributed by atoms with E-state index in [1.165, 1.54) is 7.11 Å². The van der Waals surface area contributed by atoms with Crippen LogP contribution >= 0.6 is 0 Å². The third-order valence-corrected chi connectivity index (χ3v) is 2.10. The molecule has 2 rings (SSSR count). The molecule has 0 aromatic heterocycles. The minimum Gasteiger partial charge on any atom is -0.496 e. The quantitative estimate of drug-likeness (QED) is 0.793. The Hall–Kier alpha value is -1.91. The van der Waals surface area contributed by atoms with Gasteiger partial charge in [0.2, 0.25) is 0 Å². The largest absolute Gasteiger partial charge is 0.496 e. The van der Waals surface area contributed by atoms with Crippen molar-refractivity contribution in [2.45, 2.75) is 0 Å². The summed E-state index contributed by atoms with van der Waals surface area (Å²) in [5.74, 6) is -0.131. The van der Waals surface area contributed by atoms with E-state index in [4.69, 9.17) is 19.3 Å². The summed E-state index contributed by atoms with van der Waals surface area (Å²) in [6.45, 7) is 0.777. The molecule has 1 heterocycles. The fourth-order valence-corrected chi connectivity index (χ4v) is 1.47. The number of fused-ring (bicyclic) bond motifs is 1. The zero-order chi connectivity index (χ0) is 10.8. The van der Waals surface area contributed by atoms with Crippen LogP contribution in [0, 0.1) is 0 Å². The lowest BCUT2D eigenvalue weighted by molar-refractivity contribution is 0.0682. The second-order valence-corrected chi connectivity index (χ2v) is 2.97. The summed E-state index contributed by atoms with van der Waals surface area (Å²) in [6, 6.07) is 3.19. The molecular weight excluding hydrogens is 200 g/mol. The van der Waals surface area contributed by atoms with Crippen molar-refractivity contribution in [2.75, 3.05) is 20.3 Å². The molecule has 1 aliphatic rings. The predicted molar refractivity (Wildman–Crippen MR) is 50.9 cm³/mol. The molecule has 1 aromatic carbocycles. The first-order chi connectivity index (χ1) is 7.24. The van der Waals surface area contributed by atoms with Gasteiger partial charge in [0.25, 0.3) is 0 Å². The summed E-state index contributed by atoms with van der Waals surface area (Å²) in [4.78, 5) is 11.0. The molecule has 0 fully saturated rings. The van der Waals surface area contributed by atoms with Gasteiger partial charge in [0.1, 0.15) is 24.5 Å². The molecule has 1 N–H and O–H groups in total. The zero-order valence-corrected chi connectivity index (χ0v) is 8.15. The Bertz CT molecular complexity index is 399. The zero-order valence-electron chi connectivity index (χ0n) is 8.15. The van der Waals surface area contributed by atoms with Crippen molar-refractivity contribution in [3.05, 3.63) is 17.7 Å². The number of methoxy groups -OCH3 is 1. The molecule has 0 spiro atoms. The fourth-order valence-electron chi connectivity index (χ4n) is 1.47. The van der Waals surface area contributed by atoms with E-state index in [1.54, 1.807) is 12.1 Å². The lowest BCUT2D eigenvalue weighted by Gasteiger charge is -2.20. The minimum atomic E-state index is -1.09.